The molecule has 4 rings (SSSR count). The first-order chi connectivity index (χ1) is 12.1. The summed E-state index contributed by atoms with van der Waals surface area (Å²) in [4.78, 5) is 4.81. The topological polar surface area (TPSA) is 88.8 Å². The van der Waals surface area contributed by atoms with Crippen LogP contribution in [0.15, 0.2) is 30.3 Å². The van der Waals surface area contributed by atoms with Crippen molar-refractivity contribution in [1.82, 2.24) is 4.98 Å². The zero-order valence-electron chi connectivity index (χ0n) is 13.8. The molecule has 5 N–H and O–H groups in total. The third-order valence-corrected chi connectivity index (χ3v) is 4.96. The lowest BCUT2D eigenvalue weighted by Crippen LogP contribution is -2.10. The molecule has 0 unspecified atom stereocenters. The van der Waals surface area contributed by atoms with Gasteiger partial charge in [0.25, 0.3) is 0 Å². The van der Waals surface area contributed by atoms with E-state index in [0.717, 1.165) is 59.0 Å². The predicted octanol–water partition coefficient (Wildman–Crippen LogP) is 4.08. The number of aryl methyl sites for hydroxylation is 1. The summed E-state index contributed by atoms with van der Waals surface area (Å²) in [5.41, 5.74) is 17.8. The molecule has 0 spiro atoms. The van der Waals surface area contributed by atoms with Crippen LogP contribution in [0.4, 0.5) is 15.8 Å². The molecular formula is C20H19FN4. The minimum absolute atomic E-state index is 0.136. The molecule has 0 fully saturated rings. The van der Waals surface area contributed by atoms with Gasteiger partial charge in [-0.05, 0) is 61.1 Å². The Balaban J connectivity index is 2.08. The molecule has 0 atom stereocenters. The summed E-state index contributed by atoms with van der Waals surface area (Å²) < 4.78 is 14.0. The Morgan fingerprint density at radius 2 is 1.72 bits per heavy atom. The number of rotatable bonds is 2. The average Bonchev–Trinajstić information content (AvgIpc) is 2.63. The lowest BCUT2D eigenvalue weighted by Gasteiger charge is -2.23. The average molecular weight is 334 g/mol. The maximum Gasteiger partial charge on any atom is 0.146 e. The van der Waals surface area contributed by atoms with Gasteiger partial charge in [-0.25, -0.2) is 9.37 Å². The third kappa shape index (κ3) is 2.43. The van der Waals surface area contributed by atoms with E-state index in [1.807, 2.05) is 12.1 Å². The Morgan fingerprint density at radius 1 is 1.00 bits per heavy atom. The van der Waals surface area contributed by atoms with Crippen molar-refractivity contribution in [3.8, 4) is 11.3 Å². The summed E-state index contributed by atoms with van der Waals surface area (Å²) >= 11 is 0. The molecule has 0 saturated carbocycles. The zero-order chi connectivity index (χ0) is 17.6. The minimum atomic E-state index is -0.429. The Labute approximate surface area is 145 Å². The fraction of sp³-hybridized carbons (Fsp3) is 0.200. The van der Waals surface area contributed by atoms with E-state index in [4.69, 9.17) is 21.9 Å². The molecule has 25 heavy (non-hydrogen) atoms. The van der Waals surface area contributed by atoms with Crippen LogP contribution in [-0.4, -0.2) is 11.2 Å². The normalized spacial score (nSPS) is 13.6. The molecule has 0 aliphatic heterocycles. The highest BCUT2D eigenvalue weighted by molar-refractivity contribution is 6.05. The van der Waals surface area contributed by atoms with E-state index in [1.54, 1.807) is 12.1 Å². The van der Waals surface area contributed by atoms with Crippen molar-refractivity contribution in [1.29, 1.82) is 5.41 Å². The van der Waals surface area contributed by atoms with Crippen molar-refractivity contribution in [3.63, 3.8) is 0 Å². The van der Waals surface area contributed by atoms with Gasteiger partial charge in [0.05, 0.1) is 16.9 Å². The Bertz CT molecular complexity index is 1010. The highest BCUT2D eigenvalue weighted by Crippen LogP contribution is 2.37. The van der Waals surface area contributed by atoms with Crippen LogP contribution in [0.1, 0.15) is 29.5 Å². The van der Waals surface area contributed by atoms with Gasteiger partial charge in [0, 0.05) is 28.4 Å². The van der Waals surface area contributed by atoms with Crippen LogP contribution in [0.25, 0.3) is 22.2 Å². The van der Waals surface area contributed by atoms with Gasteiger partial charge in [-0.3, -0.25) is 0 Å². The fourth-order valence-electron chi connectivity index (χ4n) is 3.73. The number of benzene rings is 2. The van der Waals surface area contributed by atoms with Gasteiger partial charge >= 0.3 is 0 Å². The monoisotopic (exact) mass is 334 g/mol. The zero-order valence-corrected chi connectivity index (χ0v) is 13.8. The van der Waals surface area contributed by atoms with Crippen molar-refractivity contribution in [3.05, 3.63) is 52.8 Å². The Kier molecular flexibility index (Phi) is 3.64. The molecule has 0 saturated heterocycles. The molecule has 1 aliphatic rings. The molecule has 1 heterocycles. The second-order valence-corrected chi connectivity index (χ2v) is 6.47. The first-order valence-corrected chi connectivity index (χ1v) is 8.40. The first kappa shape index (κ1) is 15.6. The van der Waals surface area contributed by atoms with E-state index in [2.05, 4.69) is 0 Å². The number of hydrogen-bond acceptors (Lipinski definition) is 4. The molecule has 2 aromatic carbocycles. The lowest BCUT2D eigenvalue weighted by molar-refractivity contribution is 0.633. The van der Waals surface area contributed by atoms with Crippen molar-refractivity contribution in [2.24, 2.45) is 0 Å². The van der Waals surface area contributed by atoms with Crippen molar-refractivity contribution >= 4 is 28.5 Å². The number of halogens is 1. The van der Waals surface area contributed by atoms with Gasteiger partial charge in [0.15, 0.2) is 0 Å². The minimum Gasteiger partial charge on any atom is -0.398 e. The van der Waals surface area contributed by atoms with E-state index < -0.39 is 5.82 Å². The van der Waals surface area contributed by atoms with E-state index in [9.17, 15) is 4.39 Å². The highest BCUT2D eigenvalue weighted by Gasteiger charge is 2.21. The van der Waals surface area contributed by atoms with E-state index in [0.29, 0.717) is 5.69 Å². The van der Waals surface area contributed by atoms with Gasteiger partial charge in [-0.1, -0.05) is 6.07 Å². The Hall–Kier alpha value is -2.95. The Morgan fingerprint density at radius 3 is 2.44 bits per heavy atom. The summed E-state index contributed by atoms with van der Waals surface area (Å²) in [5, 5.41) is 8.72. The number of hydrogen-bond donors (Lipinski definition) is 3. The first-order valence-electron chi connectivity index (χ1n) is 8.40. The van der Waals surface area contributed by atoms with Crippen LogP contribution < -0.4 is 11.5 Å². The number of nitrogens with zero attached hydrogens (tertiary/aromatic N) is 1. The molecule has 4 nitrogen and oxygen atoms in total. The maximum atomic E-state index is 14.0. The second-order valence-electron chi connectivity index (χ2n) is 6.47. The molecule has 1 aromatic heterocycles. The smallest absolute Gasteiger partial charge is 0.146 e. The summed E-state index contributed by atoms with van der Waals surface area (Å²) in [5.74, 6) is -0.429. The highest BCUT2D eigenvalue weighted by atomic mass is 19.1. The van der Waals surface area contributed by atoms with Crippen LogP contribution in [0.2, 0.25) is 0 Å². The van der Waals surface area contributed by atoms with Gasteiger partial charge in [0.2, 0.25) is 0 Å². The molecule has 0 amide bonds. The molecule has 1 aliphatic carbocycles. The van der Waals surface area contributed by atoms with Crippen LogP contribution in [-0.2, 0) is 12.8 Å². The van der Waals surface area contributed by atoms with Crippen LogP contribution in [0, 0.1) is 11.2 Å². The third-order valence-electron chi connectivity index (χ3n) is 4.96. The molecular weight excluding hydrogens is 315 g/mol. The van der Waals surface area contributed by atoms with Crippen LogP contribution >= 0.6 is 0 Å². The van der Waals surface area contributed by atoms with Gasteiger partial charge in [-0.15, -0.1) is 0 Å². The molecule has 3 aromatic rings. The van der Waals surface area contributed by atoms with E-state index in [1.165, 1.54) is 17.8 Å². The number of pyridine rings is 1. The van der Waals surface area contributed by atoms with Gasteiger partial charge in [-0.2, -0.15) is 0 Å². The van der Waals surface area contributed by atoms with Crippen LogP contribution in [0.3, 0.4) is 0 Å². The standard InChI is InChI=1S/C20H19FN4/c21-15-9-11(5-6-17(15)24)20-13-4-2-1-3-12(13)19-14(10-22)16(23)7-8-18(19)25-20/h5-10,22H,1-4,23-24H2. The number of fused-ring (bicyclic) bond motifs is 3. The van der Waals surface area contributed by atoms with Gasteiger partial charge in [0.1, 0.15) is 5.82 Å². The number of anilines is 2. The van der Waals surface area contributed by atoms with E-state index >= 15 is 0 Å². The predicted molar refractivity (Wildman–Crippen MR) is 100 cm³/mol. The summed E-state index contributed by atoms with van der Waals surface area (Å²) in [6, 6.07) is 8.50. The number of aromatic nitrogens is 1. The molecule has 126 valence electrons. The fourth-order valence-corrected chi connectivity index (χ4v) is 3.73. The van der Waals surface area contributed by atoms with Crippen molar-refractivity contribution < 1.29 is 4.39 Å². The SMILES string of the molecule is N=Cc1c(N)ccc2nc(-c3ccc(N)c(F)c3)c3c(c12)CCCC3. The largest absolute Gasteiger partial charge is 0.398 e. The number of nitrogen functional groups attached to an aromatic ring is 2. The quantitative estimate of drug-likeness (QED) is 0.487. The summed E-state index contributed by atoms with van der Waals surface area (Å²) in [7, 11) is 0. The van der Waals surface area contributed by atoms with E-state index in [-0.39, 0.29) is 5.69 Å². The number of nitrogens with one attached hydrogen (secondary N) is 1. The molecule has 0 radical (unpaired) electrons. The van der Waals surface area contributed by atoms with Gasteiger partial charge < -0.3 is 16.9 Å². The summed E-state index contributed by atoms with van der Waals surface area (Å²) in [6.07, 6.45) is 5.28. The van der Waals surface area contributed by atoms with Crippen LogP contribution in [0.5, 0.6) is 0 Å². The maximum absolute atomic E-state index is 14.0. The van der Waals surface area contributed by atoms with Crippen molar-refractivity contribution in [2.75, 3.05) is 11.5 Å². The van der Waals surface area contributed by atoms with Crippen molar-refractivity contribution in [2.45, 2.75) is 25.7 Å². The lowest BCUT2D eigenvalue weighted by atomic mass is 9.85. The second kappa shape index (κ2) is 5.84. The molecule has 0 bridgehead atoms. The number of nitrogens with two attached hydrogens (primary N) is 2. The molecule has 5 heteroatoms. The summed E-state index contributed by atoms with van der Waals surface area (Å²) in [6.45, 7) is 0.